The summed E-state index contributed by atoms with van der Waals surface area (Å²) in [6.07, 6.45) is 5.45. The third kappa shape index (κ3) is 3.40. The number of carbonyl (C=O) groups is 1. The lowest BCUT2D eigenvalue weighted by molar-refractivity contribution is 0.102. The summed E-state index contributed by atoms with van der Waals surface area (Å²) in [5, 5.41) is 2.82. The van der Waals surface area contributed by atoms with Gasteiger partial charge in [-0.2, -0.15) is 0 Å². The molecule has 1 saturated heterocycles. The first-order chi connectivity index (χ1) is 10.7. The van der Waals surface area contributed by atoms with Gasteiger partial charge in [0.1, 0.15) is 0 Å². The van der Waals surface area contributed by atoms with Crippen molar-refractivity contribution in [1.29, 1.82) is 0 Å². The molecule has 6 nitrogen and oxygen atoms in total. The molecule has 1 fully saturated rings. The van der Waals surface area contributed by atoms with Crippen LogP contribution in [0.4, 0.5) is 11.5 Å². The summed E-state index contributed by atoms with van der Waals surface area (Å²) < 4.78 is 0. The van der Waals surface area contributed by atoms with Gasteiger partial charge in [0.05, 0.1) is 0 Å². The third-order valence-corrected chi connectivity index (χ3v) is 3.73. The van der Waals surface area contributed by atoms with Crippen molar-refractivity contribution < 1.29 is 4.79 Å². The molecule has 1 aromatic carbocycles. The zero-order valence-corrected chi connectivity index (χ0v) is 12.3. The molecule has 2 aromatic rings. The van der Waals surface area contributed by atoms with E-state index >= 15 is 0 Å². The van der Waals surface area contributed by atoms with Crippen molar-refractivity contribution in [3.8, 4) is 0 Å². The van der Waals surface area contributed by atoms with Crippen LogP contribution in [0.1, 0.15) is 28.9 Å². The summed E-state index contributed by atoms with van der Waals surface area (Å²) in [4.78, 5) is 22.5. The van der Waals surface area contributed by atoms with E-state index in [-0.39, 0.29) is 17.4 Å². The van der Waals surface area contributed by atoms with E-state index in [9.17, 15) is 4.79 Å². The fourth-order valence-electron chi connectivity index (χ4n) is 2.66. The molecule has 0 atom stereocenters. The third-order valence-electron chi connectivity index (χ3n) is 3.73. The number of carbonyl (C=O) groups excluding carboxylic acids is 1. The van der Waals surface area contributed by atoms with Crippen LogP contribution >= 0.6 is 0 Å². The van der Waals surface area contributed by atoms with Crippen molar-refractivity contribution >= 4 is 17.4 Å². The van der Waals surface area contributed by atoms with E-state index in [1.165, 1.54) is 30.8 Å². The number of nitrogens with two attached hydrogens (primary N) is 1. The molecule has 0 spiro atoms. The molecule has 0 bridgehead atoms. The number of anilines is 2. The van der Waals surface area contributed by atoms with Crippen molar-refractivity contribution in [2.45, 2.75) is 19.4 Å². The van der Waals surface area contributed by atoms with Gasteiger partial charge in [0.15, 0.2) is 11.5 Å². The fraction of sp³-hybridized carbons (Fsp3) is 0.312. The Balaban J connectivity index is 1.69. The maximum Gasteiger partial charge on any atom is 0.278 e. The van der Waals surface area contributed by atoms with E-state index in [1.54, 1.807) is 0 Å². The van der Waals surface area contributed by atoms with Gasteiger partial charge in [-0.15, -0.1) is 0 Å². The van der Waals surface area contributed by atoms with Gasteiger partial charge >= 0.3 is 0 Å². The minimum absolute atomic E-state index is 0.133. The van der Waals surface area contributed by atoms with Gasteiger partial charge in [0.2, 0.25) is 0 Å². The van der Waals surface area contributed by atoms with E-state index in [4.69, 9.17) is 5.73 Å². The van der Waals surface area contributed by atoms with E-state index < -0.39 is 0 Å². The van der Waals surface area contributed by atoms with Crippen LogP contribution in [0.25, 0.3) is 0 Å². The molecule has 6 heteroatoms. The first-order valence-corrected chi connectivity index (χ1v) is 7.41. The van der Waals surface area contributed by atoms with Crippen LogP contribution in [0.3, 0.4) is 0 Å². The molecular formula is C16H19N5O. The molecule has 0 unspecified atom stereocenters. The van der Waals surface area contributed by atoms with Gasteiger partial charge in [0, 0.05) is 24.6 Å². The van der Waals surface area contributed by atoms with Gasteiger partial charge < -0.3 is 11.1 Å². The van der Waals surface area contributed by atoms with Crippen LogP contribution < -0.4 is 11.1 Å². The Bertz CT molecular complexity index is 667. The second-order valence-corrected chi connectivity index (χ2v) is 5.43. The van der Waals surface area contributed by atoms with Gasteiger partial charge in [-0.25, -0.2) is 9.97 Å². The van der Waals surface area contributed by atoms with Crippen LogP contribution in [-0.4, -0.2) is 33.9 Å². The number of benzene rings is 1. The maximum absolute atomic E-state index is 12.2. The molecule has 0 radical (unpaired) electrons. The lowest BCUT2D eigenvalue weighted by atomic mass is 10.2. The summed E-state index contributed by atoms with van der Waals surface area (Å²) in [7, 11) is 0. The number of hydrogen-bond donors (Lipinski definition) is 2. The van der Waals surface area contributed by atoms with Crippen molar-refractivity contribution in [3.05, 3.63) is 47.9 Å². The summed E-state index contributed by atoms with van der Waals surface area (Å²) in [5.74, 6) is -0.211. The van der Waals surface area contributed by atoms with Crippen LogP contribution in [0.5, 0.6) is 0 Å². The Hall–Kier alpha value is -2.47. The highest BCUT2D eigenvalue weighted by molar-refractivity contribution is 6.05. The Kier molecular flexibility index (Phi) is 4.29. The minimum Gasteiger partial charge on any atom is -0.382 e. The lowest BCUT2D eigenvalue weighted by Crippen LogP contribution is -2.19. The zero-order chi connectivity index (χ0) is 15.4. The molecular weight excluding hydrogens is 278 g/mol. The number of nitrogen functional groups attached to an aromatic ring is 1. The second kappa shape index (κ2) is 6.53. The van der Waals surface area contributed by atoms with Crippen LogP contribution in [0.2, 0.25) is 0 Å². The molecule has 3 N–H and O–H groups in total. The van der Waals surface area contributed by atoms with Gasteiger partial charge in [-0.1, -0.05) is 12.1 Å². The first-order valence-electron chi connectivity index (χ1n) is 7.41. The topological polar surface area (TPSA) is 84.1 Å². The largest absolute Gasteiger partial charge is 0.382 e. The smallest absolute Gasteiger partial charge is 0.278 e. The number of amides is 1. The average molecular weight is 297 g/mol. The normalized spacial score (nSPS) is 14.9. The first kappa shape index (κ1) is 14.5. The molecule has 0 saturated carbocycles. The van der Waals surface area contributed by atoms with Crippen molar-refractivity contribution in [2.24, 2.45) is 0 Å². The highest BCUT2D eigenvalue weighted by Gasteiger charge is 2.14. The summed E-state index contributed by atoms with van der Waals surface area (Å²) >= 11 is 0. The zero-order valence-electron chi connectivity index (χ0n) is 12.3. The van der Waals surface area contributed by atoms with Crippen molar-refractivity contribution in [2.75, 3.05) is 24.1 Å². The summed E-state index contributed by atoms with van der Waals surface area (Å²) in [6.45, 7) is 3.20. The number of aromatic nitrogens is 2. The number of rotatable bonds is 4. The molecule has 1 aliphatic rings. The van der Waals surface area contributed by atoms with Crippen LogP contribution in [0.15, 0.2) is 36.7 Å². The molecule has 2 heterocycles. The number of likely N-dealkylation sites (tertiary alicyclic amines) is 1. The Morgan fingerprint density at radius 1 is 1.23 bits per heavy atom. The molecule has 22 heavy (non-hydrogen) atoms. The molecule has 1 aliphatic heterocycles. The van der Waals surface area contributed by atoms with Gasteiger partial charge in [-0.05, 0) is 43.6 Å². The van der Waals surface area contributed by atoms with E-state index in [1.807, 2.05) is 18.2 Å². The number of nitrogens with one attached hydrogen (secondary N) is 1. The molecule has 1 aromatic heterocycles. The van der Waals surface area contributed by atoms with Crippen molar-refractivity contribution in [3.63, 3.8) is 0 Å². The van der Waals surface area contributed by atoms with Gasteiger partial charge in [0.25, 0.3) is 5.91 Å². The van der Waals surface area contributed by atoms with Crippen LogP contribution in [-0.2, 0) is 6.54 Å². The fourth-order valence-corrected chi connectivity index (χ4v) is 2.66. The average Bonchev–Trinajstić information content (AvgIpc) is 3.01. The monoisotopic (exact) mass is 297 g/mol. The summed E-state index contributed by atoms with van der Waals surface area (Å²) in [6, 6.07) is 7.87. The highest BCUT2D eigenvalue weighted by Crippen LogP contribution is 2.17. The number of hydrogen-bond acceptors (Lipinski definition) is 5. The Labute approximate surface area is 129 Å². The molecule has 3 rings (SSSR count). The summed E-state index contributed by atoms with van der Waals surface area (Å²) in [5.41, 5.74) is 7.75. The minimum atomic E-state index is -0.344. The Morgan fingerprint density at radius 2 is 2.00 bits per heavy atom. The predicted molar refractivity (Wildman–Crippen MR) is 85.4 cm³/mol. The quantitative estimate of drug-likeness (QED) is 0.900. The van der Waals surface area contributed by atoms with E-state index in [0.717, 1.165) is 25.3 Å². The van der Waals surface area contributed by atoms with E-state index in [2.05, 4.69) is 26.3 Å². The SMILES string of the molecule is Nc1nccnc1C(=O)Nc1cccc(CN2CCCC2)c1. The van der Waals surface area contributed by atoms with E-state index in [0.29, 0.717) is 0 Å². The standard InChI is InChI=1S/C16H19N5O/c17-15-14(18-6-7-19-15)16(22)20-13-5-3-4-12(10-13)11-21-8-1-2-9-21/h3-7,10H,1-2,8-9,11H2,(H2,17,19)(H,20,22). The second-order valence-electron chi connectivity index (χ2n) is 5.43. The number of nitrogens with zero attached hydrogens (tertiary/aromatic N) is 3. The lowest BCUT2D eigenvalue weighted by Gasteiger charge is -2.15. The Morgan fingerprint density at radius 3 is 2.77 bits per heavy atom. The molecule has 1 amide bonds. The van der Waals surface area contributed by atoms with Crippen molar-refractivity contribution in [1.82, 2.24) is 14.9 Å². The molecule has 114 valence electrons. The van der Waals surface area contributed by atoms with Crippen LogP contribution in [0, 0.1) is 0 Å². The van der Waals surface area contributed by atoms with Gasteiger partial charge in [-0.3, -0.25) is 9.69 Å². The highest BCUT2D eigenvalue weighted by atomic mass is 16.1. The molecule has 0 aliphatic carbocycles. The maximum atomic E-state index is 12.2. The predicted octanol–water partition coefficient (Wildman–Crippen LogP) is 1.91.